The number of hydrogen-bond acceptors (Lipinski definition) is 4. The Hall–Kier alpha value is -1.52. The van der Waals surface area contributed by atoms with Crippen LogP contribution < -0.4 is 16.0 Å². The molecule has 4 N–H and O–H groups in total. The van der Waals surface area contributed by atoms with E-state index in [2.05, 4.69) is 31.9 Å². The molecule has 1 atom stereocenters. The molecule has 0 aliphatic rings. The number of nitrogens with one attached hydrogen (secondary N) is 3. The summed E-state index contributed by atoms with van der Waals surface area (Å²) in [6.45, 7) is 0. The number of carbonyl (C=O) groups is 2. The lowest BCUT2D eigenvalue weighted by atomic mass is 10.2. The van der Waals surface area contributed by atoms with Crippen LogP contribution in [0.5, 0.6) is 0 Å². The van der Waals surface area contributed by atoms with Gasteiger partial charge in [0.2, 0.25) is 3.79 Å². The fourth-order valence-corrected chi connectivity index (χ4v) is 2.70. The standard InChI is InChI=1S/C15H11BrCl3N3O4S/c16-10-6-5-9(26-10)11(23)21-13(15(17,18)19)22-14(27)20-8-3-1-7(2-4-8)12(24)25/h1-6,13H,(H,21,23)(H,24,25)(H2,20,22,27)/t13-/m0/s1. The maximum absolute atomic E-state index is 12.2. The lowest BCUT2D eigenvalue weighted by Gasteiger charge is -2.27. The molecule has 2 rings (SSSR count). The SMILES string of the molecule is O=C(O)c1ccc(NC(=S)N[C@H](NC(=O)c2ccc(Br)o2)C(Cl)(Cl)Cl)cc1. The van der Waals surface area contributed by atoms with E-state index in [1.54, 1.807) is 6.07 Å². The number of thiocarbonyl (C=S) groups is 1. The molecule has 12 heteroatoms. The fourth-order valence-electron chi connectivity index (χ4n) is 1.83. The molecule has 1 aromatic carbocycles. The number of hydrogen-bond donors (Lipinski definition) is 4. The monoisotopic (exact) mass is 513 g/mol. The normalized spacial score (nSPS) is 12.1. The van der Waals surface area contributed by atoms with Crippen LogP contribution >= 0.6 is 63.0 Å². The maximum Gasteiger partial charge on any atom is 0.335 e. The van der Waals surface area contributed by atoms with Gasteiger partial charge in [0, 0.05) is 5.69 Å². The number of halogens is 4. The lowest BCUT2D eigenvalue weighted by Crippen LogP contribution is -2.56. The first kappa shape index (κ1) is 21.8. The first-order valence-electron chi connectivity index (χ1n) is 7.10. The van der Waals surface area contributed by atoms with Gasteiger partial charge in [0.25, 0.3) is 5.91 Å². The van der Waals surface area contributed by atoms with Crippen LogP contribution in [0.4, 0.5) is 5.69 Å². The number of alkyl halides is 3. The zero-order valence-electron chi connectivity index (χ0n) is 13.1. The quantitative estimate of drug-likeness (QED) is 0.269. The number of anilines is 1. The van der Waals surface area contributed by atoms with Gasteiger partial charge >= 0.3 is 5.97 Å². The van der Waals surface area contributed by atoms with Crippen LogP contribution in [0.1, 0.15) is 20.9 Å². The van der Waals surface area contributed by atoms with E-state index in [1.807, 2.05) is 0 Å². The lowest BCUT2D eigenvalue weighted by molar-refractivity contribution is 0.0696. The van der Waals surface area contributed by atoms with E-state index in [1.165, 1.54) is 30.3 Å². The number of carboxylic acid groups (broad SMARTS) is 1. The Morgan fingerprint density at radius 1 is 1.11 bits per heavy atom. The third-order valence-corrected chi connectivity index (χ3v) is 4.37. The minimum absolute atomic E-state index is 0.00561. The molecule has 0 bridgehead atoms. The zero-order valence-corrected chi connectivity index (χ0v) is 17.8. The fraction of sp³-hybridized carbons (Fsp3) is 0.133. The Morgan fingerprint density at radius 3 is 2.22 bits per heavy atom. The number of amides is 1. The van der Waals surface area contributed by atoms with Crippen LogP contribution in [0.25, 0.3) is 0 Å². The average molecular weight is 516 g/mol. The molecule has 144 valence electrons. The summed E-state index contributed by atoms with van der Waals surface area (Å²) in [4.78, 5) is 23.1. The number of carboxylic acids is 1. The van der Waals surface area contributed by atoms with Crippen molar-refractivity contribution in [2.45, 2.75) is 9.96 Å². The van der Waals surface area contributed by atoms with Crippen molar-refractivity contribution in [3.8, 4) is 0 Å². The highest BCUT2D eigenvalue weighted by Gasteiger charge is 2.35. The zero-order chi connectivity index (χ0) is 20.2. The predicted octanol–water partition coefficient (Wildman–Crippen LogP) is 4.15. The smallest absolute Gasteiger partial charge is 0.335 e. The predicted molar refractivity (Wildman–Crippen MR) is 111 cm³/mol. The van der Waals surface area contributed by atoms with Gasteiger partial charge in [0.15, 0.2) is 15.5 Å². The second kappa shape index (κ2) is 9.11. The van der Waals surface area contributed by atoms with Gasteiger partial charge in [-0.3, -0.25) is 4.79 Å². The molecule has 27 heavy (non-hydrogen) atoms. The topological polar surface area (TPSA) is 104 Å². The van der Waals surface area contributed by atoms with Crippen molar-refractivity contribution in [3.63, 3.8) is 0 Å². The van der Waals surface area contributed by atoms with Gasteiger partial charge in [-0.25, -0.2) is 4.79 Å². The van der Waals surface area contributed by atoms with Crippen molar-refractivity contribution in [2.24, 2.45) is 0 Å². The van der Waals surface area contributed by atoms with Gasteiger partial charge in [-0.15, -0.1) is 0 Å². The largest absolute Gasteiger partial charge is 0.478 e. The summed E-state index contributed by atoms with van der Waals surface area (Å²) < 4.78 is 3.58. The third kappa shape index (κ3) is 6.54. The molecule has 0 saturated heterocycles. The maximum atomic E-state index is 12.2. The second-order valence-corrected chi connectivity index (χ2v) is 8.59. The summed E-state index contributed by atoms with van der Waals surface area (Å²) in [5, 5.41) is 16.9. The molecule has 0 unspecified atom stereocenters. The number of benzene rings is 1. The van der Waals surface area contributed by atoms with E-state index < -0.39 is 21.8 Å². The van der Waals surface area contributed by atoms with E-state index in [9.17, 15) is 9.59 Å². The summed E-state index contributed by atoms with van der Waals surface area (Å²) in [6.07, 6.45) is -1.18. The molecule has 2 aromatic rings. The number of rotatable bonds is 5. The number of carbonyl (C=O) groups excluding carboxylic acids is 1. The van der Waals surface area contributed by atoms with Crippen molar-refractivity contribution in [2.75, 3.05) is 5.32 Å². The minimum Gasteiger partial charge on any atom is -0.478 e. The molecule has 0 aliphatic carbocycles. The highest BCUT2D eigenvalue weighted by molar-refractivity contribution is 9.10. The van der Waals surface area contributed by atoms with Crippen molar-refractivity contribution in [3.05, 3.63) is 52.4 Å². The molecule has 1 aromatic heterocycles. The molecule has 0 aliphatic heterocycles. The van der Waals surface area contributed by atoms with Crippen LogP contribution in [-0.2, 0) is 0 Å². The van der Waals surface area contributed by atoms with Crippen LogP contribution in [0.2, 0.25) is 0 Å². The molecule has 0 spiro atoms. The Bertz CT molecular complexity index is 855. The van der Waals surface area contributed by atoms with Crippen LogP contribution in [-0.4, -0.2) is 32.1 Å². The van der Waals surface area contributed by atoms with Crippen LogP contribution in [0.15, 0.2) is 45.5 Å². The van der Waals surface area contributed by atoms with Crippen LogP contribution in [0, 0.1) is 0 Å². The number of aromatic carboxylic acids is 1. The van der Waals surface area contributed by atoms with Gasteiger partial charge in [-0.1, -0.05) is 34.8 Å². The van der Waals surface area contributed by atoms with Crippen LogP contribution in [0.3, 0.4) is 0 Å². The van der Waals surface area contributed by atoms with E-state index in [-0.39, 0.29) is 16.4 Å². The summed E-state index contributed by atoms with van der Waals surface area (Å²) in [5.74, 6) is -1.67. The third-order valence-electron chi connectivity index (χ3n) is 3.06. The molecule has 0 radical (unpaired) electrons. The Labute approximate surface area is 182 Å². The van der Waals surface area contributed by atoms with E-state index >= 15 is 0 Å². The van der Waals surface area contributed by atoms with E-state index in [4.69, 9.17) is 56.5 Å². The highest BCUT2D eigenvalue weighted by atomic mass is 79.9. The molecule has 7 nitrogen and oxygen atoms in total. The van der Waals surface area contributed by atoms with E-state index in [0.717, 1.165) is 0 Å². The Balaban J connectivity index is 2.03. The molecule has 0 fully saturated rings. The van der Waals surface area contributed by atoms with Gasteiger partial charge < -0.3 is 25.5 Å². The van der Waals surface area contributed by atoms with Crippen molar-refractivity contribution in [1.82, 2.24) is 10.6 Å². The van der Waals surface area contributed by atoms with Gasteiger partial charge in [-0.2, -0.15) is 0 Å². The Morgan fingerprint density at radius 2 is 1.74 bits per heavy atom. The van der Waals surface area contributed by atoms with Crippen molar-refractivity contribution >= 4 is 85.6 Å². The Kier molecular flexibility index (Phi) is 7.35. The number of furan rings is 1. The molecular formula is C15H11BrCl3N3O4S. The summed E-state index contributed by atoms with van der Waals surface area (Å²) in [5.41, 5.74) is 0.623. The highest BCUT2D eigenvalue weighted by Crippen LogP contribution is 2.29. The summed E-state index contributed by atoms with van der Waals surface area (Å²) >= 11 is 25.9. The molecule has 1 amide bonds. The first-order valence-corrected chi connectivity index (χ1v) is 9.43. The second-order valence-electron chi connectivity index (χ2n) is 5.03. The summed E-state index contributed by atoms with van der Waals surface area (Å²) in [7, 11) is 0. The van der Waals surface area contributed by atoms with Gasteiger partial charge in [0.1, 0.15) is 6.17 Å². The average Bonchev–Trinajstić information content (AvgIpc) is 3.00. The summed E-state index contributed by atoms with van der Waals surface area (Å²) in [6, 6.07) is 8.81. The molecule has 1 heterocycles. The van der Waals surface area contributed by atoms with Gasteiger partial charge in [0.05, 0.1) is 5.56 Å². The van der Waals surface area contributed by atoms with E-state index in [0.29, 0.717) is 10.4 Å². The minimum atomic E-state index is -1.93. The van der Waals surface area contributed by atoms with Gasteiger partial charge in [-0.05, 0) is 64.5 Å². The molecule has 0 saturated carbocycles. The molecular weight excluding hydrogens is 505 g/mol. The van der Waals surface area contributed by atoms with Crippen molar-refractivity contribution < 1.29 is 19.1 Å². The first-order chi connectivity index (χ1) is 12.6. The van der Waals surface area contributed by atoms with Crippen molar-refractivity contribution in [1.29, 1.82) is 0 Å².